The molecule has 2 aromatic carbocycles. The van der Waals surface area contributed by atoms with Gasteiger partial charge < -0.3 is 20.5 Å². The summed E-state index contributed by atoms with van der Waals surface area (Å²) in [7, 11) is 0. The van der Waals surface area contributed by atoms with Gasteiger partial charge in [0.05, 0.1) is 17.8 Å². The monoisotopic (exact) mass is 531 g/mol. The van der Waals surface area contributed by atoms with Crippen LogP contribution >= 0.6 is 0 Å². The van der Waals surface area contributed by atoms with Crippen molar-refractivity contribution >= 4 is 5.91 Å². The second-order valence-electron chi connectivity index (χ2n) is 11.1. The smallest absolute Gasteiger partial charge is 0.242 e. The molecule has 0 unspecified atom stereocenters. The standard InChI is InChI=1S/C31H41N5O3/c1-3-9-24-20-36(35-34-24)21-30(38)33-26(17-23-10-6-5-7-11-23)28(37)19-32-27-18-31(14-8-15-31)39-29-13-12-22(4-2)16-25(27)29/h5-7,10-13,16,20,26-28,32,37H,3-4,8-9,14-15,17-19,21H2,1-2H3,(H,33,38)/t26-,27-,28+/m0/s1. The number of aliphatic hydroxyl groups is 1. The van der Waals surface area contributed by atoms with Gasteiger partial charge in [0, 0.05) is 30.8 Å². The topological polar surface area (TPSA) is 101 Å². The summed E-state index contributed by atoms with van der Waals surface area (Å²) in [6, 6.07) is 16.1. The quantitative estimate of drug-likeness (QED) is 0.328. The van der Waals surface area contributed by atoms with Gasteiger partial charge in [-0.1, -0.05) is 67.9 Å². The van der Waals surface area contributed by atoms with Gasteiger partial charge in [0.15, 0.2) is 0 Å². The van der Waals surface area contributed by atoms with E-state index in [1.165, 1.54) is 12.0 Å². The second kappa shape index (κ2) is 12.3. The number of fused-ring (bicyclic) bond motifs is 1. The van der Waals surface area contributed by atoms with E-state index in [0.29, 0.717) is 13.0 Å². The van der Waals surface area contributed by atoms with Crippen molar-refractivity contribution in [1.82, 2.24) is 25.6 Å². The fourth-order valence-corrected chi connectivity index (χ4v) is 5.74. The van der Waals surface area contributed by atoms with Crippen LogP contribution in [0.5, 0.6) is 5.75 Å². The second-order valence-corrected chi connectivity index (χ2v) is 11.1. The molecule has 1 fully saturated rings. The fourth-order valence-electron chi connectivity index (χ4n) is 5.74. The lowest BCUT2D eigenvalue weighted by molar-refractivity contribution is -0.123. The van der Waals surface area contributed by atoms with Crippen molar-refractivity contribution in [2.24, 2.45) is 0 Å². The summed E-state index contributed by atoms with van der Waals surface area (Å²) in [4.78, 5) is 13.0. The summed E-state index contributed by atoms with van der Waals surface area (Å²) in [6.07, 6.45) is 8.55. The predicted molar refractivity (Wildman–Crippen MR) is 150 cm³/mol. The lowest BCUT2D eigenvalue weighted by Gasteiger charge is -2.48. The maximum atomic E-state index is 13.0. The fraction of sp³-hybridized carbons (Fsp3) is 0.516. The maximum Gasteiger partial charge on any atom is 0.242 e. The molecule has 5 rings (SSSR count). The number of rotatable bonds is 12. The summed E-state index contributed by atoms with van der Waals surface area (Å²) in [5.74, 6) is 0.759. The lowest BCUT2D eigenvalue weighted by Crippen LogP contribution is -2.52. The molecule has 39 heavy (non-hydrogen) atoms. The minimum Gasteiger partial charge on any atom is -0.487 e. The number of carbonyl (C=O) groups is 1. The van der Waals surface area contributed by atoms with Crippen LogP contribution in [0.3, 0.4) is 0 Å². The molecule has 1 spiro atoms. The van der Waals surface area contributed by atoms with Gasteiger partial charge in [0.2, 0.25) is 5.91 Å². The molecule has 0 bridgehead atoms. The number of aromatic nitrogens is 3. The van der Waals surface area contributed by atoms with E-state index < -0.39 is 12.1 Å². The first-order valence-electron chi connectivity index (χ1n) is 14.4. The molecule has 0 saturated heterocycles. The van der Waals surface area contributed by atoms with Crippen LogP contribution in [-0.2, 0) is 30.6 Å². The number of hydrogen-bond donors (Lipinski definition) is 3. The number of benzene rings is 2. The Kier molecular flexibility index (Phi) is 8.63. The Morgan fingerprint density at radius 2 is 2.00 bits per heavy atom. The first-order chi connectivity index (χ1) is 19.0. The van der Waals surface area contributed by atoms with Gasteiger partial charge in [0.1, 0.15) is 17.9 Å². The highest BCUT2D eigenvalue weighted by Crippen LogP contribution is 2.49. The van der Waals surface area contributed by atoms with E-state index in [-0.39, 0.29) is 24.1 Å². The van der Waals surface area contributed by atoms with E-state index in [0.717, 1.165) is 61.1 Å². The third kappa shape index (κ3) is 6.68. The van der Waals surface area contributed by atoms with Gasteiger partial charge in [-0.2, -0.15) is 0 Å². The molecule has 0 radical (unpaired) electrons. The normalized spacial score (nSPS) is 19.0. The van der Waals surface area contributed by atoms with Crippen LogP contribution in [0, 0.1) is 0 Å². The highest BCUT2D eigenvalue weighted by molar-refractivity contribution is 5.76. The highest BCUT2D eigenvalue weighted by Gasteiger charge is 2.45. The Hall–Kier alpha value is -3.23. The number of nitrogens with one attached hydrogen (secondary N) is 2. The van der Waals surface area contributed by atoms with Crippen molar-refractivity contribution in [2.45, 2.75) is 95.5 Å². The number of nitrogens with zero attached hydrogens (tertiary/aromatic N) is 3. The number of hydrogen-bond acceptors (Lipinski definition) is 6. The zero-order valence-corrected chi connectivity index (χ0v) is 23.1. The average Bonchev–Trinajstić information content (AvgIpc) is 3.37. The van der Waals surface area contributed by atoms with Gasteiger partial charge in [-0.25, -0.2) is 4.68 Å². The van der Waals surface area contributed by atoms with Crippen LogP contribution in [0.2, 0.25) is 0 Å². The zero-order chi connectivity index (χ0) is 27.2. The van der Waals surface area contributed by atoms with Crippen molar-refractivity contribution in [3.8, 4) is 5.75 Å². The molecule has 1 aliphatic heterocycles. The van der Waals surface area contributed by atoms with E-state index in [9.17, 15) is 9.90 Å². The molecule has 1 amide bonds. The zero-order valence-electron chi connectivity index (χ0n) is 23.1. The Balaban J connectivity index is 1.27. The van der Waals surface area contributed by atoms with Crippen LogP contribution in [0.4, 0.5) is 0 Å². The molecule has 1 saturated carbocycles. The number of ether oxygens (including phenoxy) is 1. The molecule has 8 heteroatoms. The third-order valence-corrected chi connectivity index (χ3v) is 8.11. The van der Waals surface area contributed by atoms with Crippen LogP contribution in [0.1, 0.15) is 74.4 Å². The molecule has 8 nitrogen and oxygen atoms in total. The van der Waals surface area contributed by atoms with Crippen LogP contribution in [-0.4, -0.2) is 50.3 Å². The number of amides is 1. The molecule has 1 aromatic heterocycles. The maximum absolute atomic E-state index is 13.0. The first-order valence-corrected chi connectivity index (χ1v) is 14.4. The number of aliphatic hydroxyl groups excluding tert-OH is 1. The van der Waals surface area contributed by atoms with Crippen molar-refractivity contribution in [1.29, 1.82) is 0 Å². The Labute approximate surface area is 231 Å². The molecule has 3 aromatic rings. The summed E-state index contributed by atoms with van der Waals surface area (Å²) < 4.78 is 8.03. The molecule has 1 aliphatic carbocycles. The van der Waals surface area contributed by atoms with Gasteiger partial charge in [-0.05, 0) is 55.7 Å². The predicted octanol–water partition coefficient (Wildman–Crippen LogP) is 3.92. The van der Waals surface area contributed by atoms with Gasteiger partial charge in [0.25, 0.3) is 0 Å². The Bertz CT molecular complexity index is 1240. The molecule has 2 aliphatic rings. The lowest BCUT2D eigenvalue weighted by atomic mass is 9.72. The van der Waals surface area contributed by atoms with Crippen molar-refractivity contribution in [3.63, 3.8) is 0 Å². The minimum atomic E-state index is -0.779. The summed E-state index contributed by atoms with van der Waals surface area (Å²) >= 11 is 0. The SMILES string of the molecule is CCCc1cn(CC(=O)N[C@@H](Cc2ccccc2)[C@H](O)CN[C@H]2CC3(CCC3)Oc3ccc(CC)cc32)nn1. The number of aryl methyl sites for hydroxylation is 2. The molecule has 3 atom stereocenters. The molecule has 2 heterocycles. The van der Waals surface area contributed by atoms with Gasteiger partial charge >= 0.3 is 0 Å². The van der Waals surface area contributed by atoms with E-state index in [4.69, 9.17) is 4.74 Å². The Morgan fingerprint density at radius 1 is 1.18 bits per heavy atom. The van der Waals surface area contributed by atoms with E-state index >= 15 is 0 Å². The number of carbonyl (C=O) groups excluding carboxylic acids is 1. The molecular weight excluding hydrogens is 490 g/mol. The summed E-state index contributed by atoms with van der Waals surface area (Å²) in [5, 5.41) is 26.4. The highest BCUT2D eigenvalue weighted by atomic mass is 16.5. The molecular formula is C31H41N5O3. The van der Waals surface area contributed by atoms with Crippen LogP contribution in [0.25, 0.3) is 0 Å². The van der Waals surface area contributed by atoms with Crippen molar-refractivity contribution in [3.05, 3.63) is 77.1 Å². The third-order valence-electron chi connectivity index (χ3n) is 8.11. The first kappa shape index (κ1) is 27.3. The van der Waals surface area contributed by atoms with Gasteiger partial charge in [-0.15, -0.1) is 5.10 Å². The molecule has 208 valence electrons. The van der Waals surface area contributed by atoms with Crippen molar-refractivity contribution < 1.29 is 14.6 Å². The average molecular weight is 532 g/mol. The Morgan fingerprint density at radius 3 is 2.72 bits per heavy atom. The van der Waals surface area contributed by atoms with Crippen LogP contribution in [0.15, 0.2) is 54.7 Å². The largest absolute Gasteiger partial charge is 0.487 e. The van der Waals surface area contributed by atoms with Crippen molar-refractivity contribution in [2.75, 3.05) is 6.54 Å². The van der Waals surface area contributed by atoms with E-state index in [1.54, 1.807) is 4.68 Å². The van der Waals surface area contributed by atoms with E-state index in [1.807, 2.05) is 36.5 Å². The van der Waals surface area contributed by atoms with Crippen LogP contribution < -0.4 is 15.4 Å². The molecule has 3 N–H and O–H groups in total. The summed E-state index contributed by atoms with van der Waals surface area (Å²) in [5.41, 5.74) is 4.28. The summed E-state index contributed by atoms with van der Waals surface area (Å²) in [6.45, 7) is 4.67. The van der Waals surface area contributed by atoms with Gasteiger partial charge in [-0.3, -0.25) is 4.79 Å². The minimum absolute atomic E-state index is 0.0673. The van der Waals surface area contributed by atoms with E-state index in [2.05, 4.69) is 53.0 Å².